The minimum atomic E-state index is -0.298. The van der Waals surface area contributed by atoms with Gasteiger partial charge in [-0.15, -0.1) is 11.3 Å². The molecule has 0 spiro atoms. The quantitative estimate of drug-likeness (QED) is 0.699. The van der Waals surface area contributed by atoms with Gasteiger partial charge in [0.1, 0.15) is 11.6 Å². The molecule has 0 atom stereocenters. The predicted octanol–water partition coefficient (Wildman–Crippen LogP) is 4.91. The van der Waals surface area contributed by atoms with Crippen LogP contribution in [0.4, 0.5) is 15.9 Å². The van der Waals surface area contributed by atoms with Crippen LogP contribution < -0.4 is 10.2 Å². The van der Waals surface area contributed by atoms with Crippen molar-refractivity contribution in [3.63, 3.8) is 0 Å². The van der Waals surface area contributed by atoms with Crippen molar-refractivity contribution in [1.82, 2.24) is 4.98 Å². The number of carbonyl (C=O) groups is 1. The highest BCUT2D eigenvalue weighted by atomic mass is 32.1. The molecule has 3 aromatic rings. The summed E-state index contributed by atoms with van der Waals surface area (Å²) in [7, 11) is 0. The minimum absolute atomic E-state index is 0.0320. The molecule has 1 aliphatic heterocycles. The first-order valence-electron chi connectivity index (χ1n) is 9.18. The molecule has 2 aromatic heterocycles. The Morgan fingerprint density at radius 3 is 2.74 bits per heavy atom. The van der Waals surface area contributed by atoms with Crippen LogP contribution in [0.25, 0.3) is 10.1 Å². The highest BCUT2D eigenvalue weighted by Gasteiger charge is 2.26. The summed E-state index contributed by atoms with van der Waals surface area (Å²) in [5, 5.41) is 4.05. The lowest BCUT2D eigenvalue weighted by Crippen LogP contribution is -2.38. The Kier molecular flexibility index (Phi) is 4.83. The molecule has 6 heteroatoms. The summed E-state index contributed by atoms with van der Waals surface area (Å²) in [6, 6.07) is 9.05. The fourth-order valence-corrected chi connectivity index (χ4v) is 4.51. The van der Waals surface area contributed by atoms with Gasteiger partial charge >= 0.3 is 0 Å². The van der Waals surface area contributed by atoms with Crippen LogP contribution >= 0.6 is 11.3 Å². The third kappa shape index (κ3) is 3.67. The fourth-order valence-electron chi connectivity index (χ4n) is 3.60. The van der Waals surface area contributed by atoms with E-state index in [-0.39, 0.29) is 17.6 Å². The van der Waals surface area contributed by atoms with Crippen molar-refractivity contribution in [3.8, 4) is 0 Å². The molecule has 27 heavy (non-hydrogen) atoms. The summed E-state index contributed by atoms with van der Waals surface area (Å²) in [6.45, 7) is 5.40. The lowest BCUT2D eigenvalue weighted by Gasteiger charge is -2.32. The number of hydrogen-bond acceptors (Lipinski definition) is 4. The summed E-state index contributed by atoms with van der Waals surface area (Å²) in [5.74, 6) is 0.619. The molecule has 1 saturated heterocycles. The van der Waals surface area contributed by atoms with Crippen molar-refractivity contribution >= 4 is 38.8 Å². The van der Waals surface area contributed by atoms with E-state index in [4.69, 9.17) is 0 Å². The Hall–Kier alpha value is -2.47. The molecule has 1 N–H and O–H groups in total. The molecule has 1 aromatic carbocycles. The van der Waals surface area contributed by atoms with Gasteiger partial charge in [-0.2, -0.15) is 0 Å². The van der Waals surface area contributed by atoms with Crippen LogP contribution in [0.15, 0.2) is 36.5 Å². The maximum absolute atomic E-state index is 13.7. The second-order valence-electron chi connectivity index (χ2n) is 7.12. The standard InChI is InChI=1S/C21H22FN3OS/c1-13-3-4-16(12-18(13)22)24-21(26)15-6-9-25(10-7-15)20-17-11-14(2)27-19(17)5-8-23-20/h3-5,8,11-12,15H,6-7,9-10H2,1-2H3,(H,24,26). The molecule has 140 valence electrons. The second-order valence-corrected chi connectivity index (χ2v) is 8.41. The van der Waals surface area contributed by atoms with Gasteiger partial charge in [-0.3, -0.25) is 4.79 Å². The Morgan fingerprint density at radius 2 is 2.00 bits per heavy atom. The number of nitrogens with one attached hydrogen (secondary N) is 1. The summed E-state index contributed by atoms with van der Waals surface area (Å²) in [6.07, 6.45) is 3.39. The maximum Gasteiger partial charge on any atom is 0.227 e. The smallest absolute Gasteiger partial charge is 0.227 e. The minimum Gasteiger partial charge on any atom is -0.356 e. The van der Waals surface area contributed by atoms with Crippen LogP contribution in [-0.2, 0) is 4.79 Å². The Bertz CT molecular complexity index is 992. The van der Waals surface area contributed by atoms with E-state index in [2.05, 4.69) is 34.3 Å². The number of carbonyl (C=O) groups excluding carboxylic acids is 1. The zero-order valence-corrected chi connectivity index (χ0v) is 16.3. The molecule has 0 saturated carbocycles. The third-order valence-corrected chi connectivity index (χ3v) is 6.17. The van der Waals surface area contributed by atoms with Gasteiger partial charge in [0.05, 0.1) is 0 Å². The topological polar surface area (TPSA) is 45.2 Å². The number of halogens is 1. The van der Waals surface area contributed by atoms with Gasteiger partial charge in [-0.05, 0) is 56.5 Å². The molecule has 0 bridgehead atoms. The summed E-state index contributed by atoms with van der Waals surface area (Å²) in [5.41, 5.74) is 1.09. The average Bonchev–Trinajstić information content (AvgIpc) is 3.05. The summed E-state index contributed by atoms with van der Waals surface area (Å²) < 4.78 is 14.9. The van der Waals surface area contributed by atoms with Crippen molar-refractivity contribution in [3.05, 3.63) is 52.8 Å². The van der Waals surface area contributed by atoms with Crippen LogP contribution in [0.1, 0.15) is 23.3 Å². The zero-order valence-electron chi connectivity index (χ0n) is 15.5. The van der Waals surface area contributed by atoms with Crippen LogP contribution in [0, 0.1) is 25.6 Å². The van der Waals surface area contributed by atoms with Gasteiger partial charge in [0.2, 0.25) is 5.91 Å². The van der Waals surface area contributed by atoms with Gasteiger partial charge in [0, 0.05) is 45.9 Å². The van der Waals surface area contributed by atoms with E-state index >= 15 is 0 Å². The Balaban J connectivity index is 1.42. The van der Waals surface area contributed by atoms with Crippen LogP contribution in [0.2, 0.25) is 0 Å². The largest absolute Gasteiger partial charge is 0.356 e. The number of hydrogen-bond donors (Lipinski definition) is 1. The van der Waals surface area contributed by atoms with Crippen molar-refractivity contribution in [2.75, 3.05) is 23.3 Å². The molecule has 3 heterocycles. The van der Waals surface area contributed by atoms with E-state index in [0.717, 1.165) is 31.7 Å². The van der Waals surface area contributed by atoms with Gasteiger partial charge in [0.25, 0.3) is 0 Å². The number of fused-ring (bicyclic) bond motifs is 1. The van der Waals surface area contributed by atoms with Gasteiger partial charge in [-0.1, -0.05) is 6.07 Å². The van der Waals surface area contributed by atoms with E-state index in [1.807, 2.05) is 6.20 Å². The van der Waals surface area contributed by atoms with Gasteiger partial charge in [0.15, 0.2) is 0 Å². The Morgan fingerprint density at radius 1 is 1.22 bits per heavy atom. The molecular formula is C21H22FN3OS. The predicted molar refractivity (Wildman–Crippen MR) is 109 cm³/mol. The molecule has 1 aliphatic rings. The molecule has 4 rings (SSSR count). The first-order valence-corrected chi connectivity index (χ1v) is 10.00. The molecule has 4 nitrogen and oxygen atoms in total. The summed E-state index contributed by atoms with van der Waals surface area (Å²) in [4.78, 5) is 20.7. The summed E-state index contributed by atoms with van der Waals surface area (Å²) >= 11 is 1.78. The van der Waals surface area contributed by atoms with Crippen molar-refractivity contribution in [2.45, 2.75) is 26.7 Å². The van der Waals surface area contributed by atoms with E-state index in [9.17, 15) is 9.18 Å². The van der Waals surface area contributed by atoms with Gasteiger partial charge in [-0.25, -0.2) is 9.37 Å². The number of aromatic nitrogens is 1. The second kappa shape index (κ2) is 7.27. The number of aryl methyl sites for hydroxylation is 2. The van der Waals surface area contributed by atoms with E-state index in [1.165, 1.54) is 21.0 Å². The number of rotatable bonds is 3. The maximum atomic E-state index is 13.7. The number of pyridine rings is 1. The number of anilines is 2. The SMILES string of the molecule is Cc1cc2c(N3CCC(C(=O)Nc4ccc(C)c(F)c4)CC3)nccc2s1. The highest BCUT2D eigenvalue weighted by Crippen LogP contribution is 2.33. The lowest BCUT2D eigenvalue weighted by molar-refractivity contribution is -0.120. The molecule has 0 aliphatic carbocycles. The van der Waals surface area contributed by atoms with Crippen molar-refractivity contribution in [2.24, 2.45) is 5.92 Å². The monoisotopic (exact) mass is 383 g/mol. The normalized spacial score (nSPS) is 15.3. The number of piperidine rings is 1. The Labute approximate surface area is 162 Å². The first kappa shape index (κ1) is 17.9. The molecular weight excluding hydrogens is 361 g/mol. The van der Waals surface area contributed by atoms with E-state index in [1.54, 1.807) is 30.4 Å². The zero-order chi connectivity index (χ0) is 19.0. The molecule has 0 unspecified atom stereocenters. The van der Waals surface area contributed by atoms with Crippen molar-refractivity contribution in [1.29, 1.82) is 0 Å². The fraction of sp³-hybridized carbons (Fsp3) is 0.333. The van der Waals surface area contributed by atoms with Crippen LogP contribution in [0.3, 0.4) is 0 Å². The van der Waals surface area contributed by atoms with E-state index in [0.29, 0.717) is 11.3 Å². The lowest BCUT2D eigenvalue weighted by atomic mass is 9.95. The number of thiophene rings is 1. The van der Waals surface area contributed by atoms with Crippen LogP contribution in [0.5, 0.6) is 0 Å². The third-order valence-electron chi connectivity index (χ3n) is 5.15. The average molecular weight is 383 g/mol. The highest BCUT2D eigenvalue weighted by molar-refractivity contribution is 7.19. The number of benzene rings is 1. The molecule has 1 amide bonds. The first-order chi connectivity index (χ1) is 13.0. The van der Waals surface area contributed by atoms with E-state index < -0.39 is 0 Å². The van der Waals surface area contributed by atoms with Gasteiger partial charge < -0.3 is 10.2 Å². The van der Waals surface area contributed by atoms with Crippen LogP contribution in [-0.4, -0.2) is 24.0 Å². The number of amides is 1. The van der Waals surface area contributed by atoms with Crippen molar-refractivity contribution < 1.29 is 9.18 Å². The molecule has 0 radical (unpaired) electrons. The molecule has 1 fully saturated rings. The number of nitrogens with zero attached hydrogens (tertiary/aromatic N) is 2.